The molecule has 1 fully saturated rings. The maximum absolute atomic E-state index is 13.2. The number of amides is 1. The number of alkyl halides is 3. The van der Waals surface area contributed by atoms with Crippen LogP contribution in [-0.4, -0.2) is 59.3 Å². The Morgan fingerprint density at radius 1 is 1.26 bits per heavy atom. The molecule has 1 aromatic carbocycles. The highest BCUT2D eigenvalue weighted by Gasteiger charge is 2.37. The normalized spacial score (nSPS) is 16.3. The van der Waals surface area contributed by atoms with Gasteiger partial charge >= 0.3 is 6.18 Å². The maximum atomic E-state index is 13.2. The molecule has 1 aromatic heterocycles. The smallest absolute Gasteiger partial charge is 0.432 e. The van der Waals surface area contributed by atoms with Crippen LogP contribution in [0.3, 0.4) is 0 Å². The van der Waals surface area contributed by atoms with Gasteiger partial charge in [-0.3, -0.25) is 9.59 Å². The molecule has 13 heteroatoms. The third-order valence-electron chi connectivity index (χ3n) is 5.29. The average molecular weight is 523 g/mol. The van der Waals surface area contributed by atoms with Crippen molar-refractivity contribution in [2.45, 2.75) is 31.2 Å². The van der Waals surface area contributed by atoms with Gasteiger partial charge < -0.3 is 30.8 Å². The number of nitrogen functional groups attached to an aromatic ring is 1. The van der Waals surface area contributed by atoms with E-state index in [1.165, 1.54) is 0 Å². The number of aromatic nitrogens is 1. The molecule has 1 saturated heterocycles. The third-order valence-corrected chi connectivity index (χ3v) is 6.03. The molecule has 2 aromatic rings. The number of hydrogen-bond acceptors (Lipinski definition) is 6. The number of H-pyrrole nitrogens is 1. The maximum Gasteiger partial charge on any atom is 0.432 e. The van der Waals surface area contributed by atoms with Crippen molar-refractivity contribution in [1.82, 2.24) is 15.2 Å². The zero-order valence-electron chi connectivity index (χ0n) is 17.8. The Kier molecular flexibility index (Phi) is 8.34. The van der Waals surface area contributed by atoms with Crippen LogP contribution >= 0.6 is 23.2 Å². The van der Waals surface area contributed by atoms with Crippen LogP contribution in [0.1, 0.15) is 28.9 Å². The molecule has 0 aliphatic carbocycles. The number of nitrogens with two attached hydrogens (primary N) is 1. The van der Waals surface area contributed by atoms with E-state index >= 15 is 0 Å². The molecule has 0 unspecified atom stereocenters. The molecule has 5 N–H and O–H groups in total. The van der Waals surface area contributed by atoms with Crippen molar-refractivity contribution in [3.8, 4) is 5.75 Å². The number of aromatic amines is 1. The lowest BCUT2D eigenvalue weighted by Gasteiger charge is -2.33. The number of carbonyl (C=O) groups excluding carboxylic acids is 1. The SMILES string of the molecule is Nc1cc(C(=O)NC[C@@H](O)CN2CCC(Oc3ccc(Cl)c(Cl)c3)CC2)c(C(F)(F)F)[nH]c1=O. The lowest BCUT2D eigenvalue weighted by atomic mass is 10.1. The number of ether oxygens (including phenoxy) is 1. The Balaban J connectivity index is 1.48. The number of aliphatic hydroxyl groups is 1. The Morgan fingerprint density at radius 2 is 1.94 bits per heavy atom. The summed E-state index contributed by atoms with van der Waals surface area (Å²) in [6, 6.07) is 5.69. The van der Waals surface area contributed by atoms with Crippen molar-refractivity contribution >= 4 is 34.8 Å². The van der Waals surface area contributed by atoms with Crippen molar-refractivity contribution in [2.75, 3.05) is 31.9 Å². The predicted molar refractivity (Wildman–Crippen MR) is 121 cm³/mol. The number of piperidine rings is 1. The molecule has 186 valence electrons. The van der Waals surface area contributed by atoms with E-state index in [4.69, 9.17) is 33.7 Å². The van der Waals surface area contributed by atoms with E-state index in [0.717, 1.165) is 0 Å². The number of aliphatic hydroxyl groups excluding tert-OH is 1. The van der Waals surface area contributed by atoms with E-state index in [0.29, 0.717) is 47.8 Å². The number of anilines is 1. The standard InChI is InChI=1S/C21H23Cl2F3N4O4/c22-15-2-1-13(7-16(15)23)34-12-3-5-30(6-4-12)10-11(31)9-28-19(32)14-8-17(27)20(33)29-18(14)21(24,25)26/h1-2,7-8,11-12,31H,3-6,9-10,27H2,(H,28,32)(H,29,33)/t11-/m1/s1. The number of hydrogen-bond donors (Lipinski definition) is 4. The zero-order chi connectivity index (χ0) is 25.0. The second-order valence-corrected chi connectivity index (χ2v) is 8.71. The Bertz CT molecular complexity index is 1090. The molecule has 8 nitrogen and oxygen atoms in total. The van der Waals surface area contributed by atoms with E-state index < -0.39 is 40.7 Å². The Labute approximate surface area is 202 Å². The van der Waals surface area contributed by atoms with Crippen LogP contribution in [0.15, 0.2) is 29.1 Å². The number of nitrogens with one attached hydrogen (secondary N) is 2. The Hall–Kier alpha value is -2.47. The van der Waals surface area contributed by atoms with Gasteiger partial charge in [0.1, 0.15) is 17.5 Å². The van der Waals surface area contributed by atoms with Gasteiger partial charge in [-0.25, -0.2) is 0 Å². The molecule has 34 heavy (non-hydrogen) atoms. The van der Waals surface area contributed by atoms with Crippen molar-refractivity contribution in [3.05, 3.63) is 55.9 Å². The van der Waals surface area contributed by atoms with Gasteiger partial charge in [0, 0.05) is 32.2 Å². The molecular weight excluding hydrogens is 500 g/mol. The van der Waals surface area contributed by atoms with Crippen molar-refractivity contribution in [1.29, 1.82) is 0 Å². The minimum absolute atomic E-state index is 0.0446. The number of rotatable bonds is 7. The molecule has 2 heterocycles. The van der Waals surface area contributed by atoms with Gasteiger partial charge in [-0.1, -0.05) is 23.2 Å². The highest BCUT2D eigenvalue weighted by atomic mass is 35.5. The highest BCUT2D eigenvalue weighted by molar-refractivity contribution is 6.42. The van der Waals surface area contributed by atoms with Crippen molar-refractivity contribution in [2.24, 2.45) is 0 Å². The van der Waals surface area contributed by atoms with Gasteiger partial charge in [-0.15, -0.1) is 0 Å². The van der Waals surface area contributed by atoms with Crippen molar-refractivity contribution in [3.63, 3.8) is 0 Å². The number of pyridine rings is 1. The van der Waals surface area contributed by atoms with Crippen molar-refractivity contribution < 1.29 is 27.8 Å². The molecule has 0 radical (unpaired) electrons. The number of benzene rings is 1. The van der Waals surface area contributed by atoms with Crippen LogP contribution in [0.2, 0.25) is 10.0 Å². The molecule has 1 amide bonds. The number of nitrogens with zero attached hydrogens (tertiary/aromatic N) is 1. The summed E-state index contributed by atoms with van der Waals surface area (Å²) in [4.78, 5) is 27.3. The number of likely N-dealkylation sites (tertiary alicyclic amines) is 1. The fraction of sp³-hybridized carbons (Fsp3) is 0.429. The van der Waals surface area contributed by atoms with Crippen LogP contribution < -0.4 is 21.3 Å². The lowest BCUT2D eigenvalue weighted by molar-refractivity contribution is -0.141. The first-order valence-corrected chi connectivity index (χ1v) is 11.1. The largest absolute Gasteiger partial charge is 0.490 e. The quantitative estimate of drug-likeness (QED) is 0.443. The summed E-state index contributed by atoms with van der Waals surface area (Å²) in [7, 11) is 0. The Morgan fingerprint density at radius 3 is 2.56 bits per heavy atom. The molecule has 0 spiro atoms. The minimum atomic E-state index is -4.96. The average Bonchev–Trinajstić information content (AvgIpc) is 2.77. The van der Waals surface area contributed by atoms with E-state index in [2.05, 4.69) is 5.32 Å². The monoisotopic (exact) mass is 522 g/mol. The molecule has 3 rings (SSSR count). The summed E-state index contributed by atoms with van der Waals surface area (Å²) in [5, 5.41) is 13.4. The summed E-state index contributed by atoms with van der Waals surface area (Å²) in [6.45, 7) is 1.16. The molecule has 1 aliphatic rings. The minimum Gasteiger partial charge on any atom is -0.490 e. The summed E-state index contributed by atoms with van der Waals surface area (Å²) in [6.07, 6.45) is -4.65. The van der Waals surface area contributed by atoms with Gasteiger partial charge in [-0.2, -0.15) is 13.2 Å². The van der Waals surface area contributed by atoms with Crippen LogP contribution in [0.4, 0.5) is 18.9 Å². The summed E-state index contributed by atoms with van der Waals surface area (Å²) < 4.78 is 45.4. The van der Waals surface area contributed by atoms with Gasteiger partial charge in [-0.05, 0) is 31.0 Å². The van der Waals surface area contributed by atoms with Gasteiger partial charge in [0.25, 0.3) is 11.5 Å². The topological polar surface area (TPSA) is 121 Å². The molecule has 1 atom stereocenters. The zero-order valence-corrected chi connectivity index (χ0v) is 19.3. The van der Waals surface area contributed by atoms with E-state index in [1.807, 2.05) is 4.90 Å². The first kappa shape index (κ1) is 26.1. The fourth-order valence-electron chi connectivity index (χ4n) is 3.57. The fourth-order valence-corrected chi connectivity index (χ4v) is 3.86. The molecular formula is C21H23Cl2F3N4O4. The molecule has 0 saturated carbocycles. The first-order valence-electron chi connectivity index (χ1n) is 10.3. The van der Waals surface area contributed by atoms with Gasteiger partial charge in [0.15, 0.2) is 0 Å². The van der Waals surface area contributed by atoms with E-state index in [-0.39, 0.29) is 19.2 Å². The second kappa shape index (κ2) is 10.9. The van der Waals surface area contributed by atoms with Crippen LogP contribution in [0.25, 0.3) is 0 Å². The third kappa shape index (κ3) is 6.78. The highest BCUT2D eigenvalue weighted by Crippen LogP contribution is 2.30. The number of halogens is 5. The predicted octanol–water partition coefficient (Wildman–Crippen LogP) is 2.92. The van der Waals surface area contributed by atoms with Crippen LogP contribution in [0.5, 0.6) is 5.75 Å². The summed E-state index contributed by atoms with van der Waals surface area (Å²) in [5.74, 6) is -0.500. The molecule has 0 bridgehead atoms. The van der Waals surface area contributed by atoms with E-state index in [1.54, 1.807) is 23.2 Å². The van der Waals surface area contributed by atoms with E-state index in [9.17, 15) is 27.9 Å². The van der Waals surface area contributed by atoms with Crippen LogP contribution in [0, 0.1) is 0 Å². The number of carbonyl (C=O) groups is 1. The molecule has 1 aliphatic heterocycles. The number of β-amino-alcohol motifs (C(OH)–C–C–N with tert-alkyl or cyclic N) is 1. The van der Waals surface area contributed by atoms with Gasteiger partial charge in [0.2, 0.25) is 0 Å². The van der Waals surface area contributed by atoms with Gasteiger partial charge in [0.05, 0.1) is 27.4 Å². The van der Waals surface area contributed by atoms with Crippen LogP contribution in [-0.2, 0) is 6.18 Å². The summed E-state index contributed by atoms with van der Waals surface area (Å²) >= 11 is 11.9. The lowest BCUT2D eigenvalue weighted by Crippen LogP contribution is -2.45. The first-order chi connectivity index (χ1) is 15.9. The second-order valence-electron chi connectivity index (χ2n) is 7.90. The summed E-state index contributed by atoms with van der Waals surface area (Å²) in [5.41, 5.74) is 1.37.